The van der Waals surface area contributed by atoms with Gasteiger partial charge in [-0.2, -0.15) is 0 Å². The standard InChI is InChI=1S/C19H31N3O2/c1-4-10-21(11-5-2)19(24)18(16-7-6-8-17(23)13-16)22-12-9-20-15(3)14-22/h6-8,13,15,18,20,23H,4-5,9-12,14H2,1-3H3. The molecule has 134 valence electrons. The maximum Gasteiger partial charge on any atom is 0.244 e. The van der Waals surface area contributed by atoms with E-state index >= 15 is 0 Å². The maximum atomic E-state index is 13.3. The first kappa shape index (κ1) is 18.7. The van der Waals surface area contributed by atoms with Gasteiger partial charge in [-0.05, 0) is 37.5 Å². The second kappa shape index (κ2) is 9.04. The van der Waals surface area contributed by atoms with Crippen LogP contribution in [0.25, 0.3) is 0 Å². The fraction of sp³-hybridized carbons (Fsp3) is 0.632. The van der Waals surface area contributed by atoms with E-state index in [9.17, 15) is 9.90 Å². The van der Waals surface area contributed by atoms with Crippen molar-refractivity contribution in [2.24, 2.45) is 0 Å². The molecule has 0 aromatic heterocycles. The molecule has 1 fully saturated rings. The lowest BCUT2D eigenvalue weighted by Crippen LogP contribution is -2.53. The second-order valence-corrected chi connectivity index (χ2v) is 6.67. The van der Waals surface area contributed by atoms with Gasteiger partial charge in [-0.3, -0.25) is 9.69 Å². The van der Waals surface area contributed by atoms with Crippen molar-refractivity contribution in [1.82, 2.24) is 15.1 Å². The Morgan fingerprint density at radius 3 is 2.67 bits per heavy atom. The summed E-state index contributed by atoms with van der Waals surface area (Å²) in [5.74, 6) is 0.365. The number of phenolic OH excluding ortho intramolecular Hbond substituents is 1. The van der Waals surface area contributed by atoms with Crippen molar-refractivity contribution in [2.45, 2.75) is 45.7 Å². The van der Waals surface area contributed by atoms with Gasteiger partial charge in [0.1, 0.15) is 11.8 Å². The van der Waals surface area contributed by atoms with Crippen molar-refractivity contribution in [3.05, 3.63) is 29.8 Å². The highest BCUT2D eigenvalue weighted by molar-refractivity contribution is 5.83. The molecule has 5 heteroatoms. The summed E-state index contributed by atoms with van der Waals surface area (Å²) in [5.41, 5.74) is 0.881. The van der Waals surface area contributed by atoms with E-state index in [1.807, 2.05) is 17.0 Å². The molecule has 5 nitrogen and oxygen atoms in total. The van der Waals surface area contributed by atoms with E-state index in [0.717, 1.165) is 51.1 Å². The van der Waals surface area contributed by atoms with Gasteiger partial charge >= 0.3 is 0 Å². The number of rotatable bonds is 7. The molecule has 0 bridgehead atoms. The van der Waals surface area contributed by atoms with Gasteiger partial charge in [0.25, 0.3) is 0 Å². The topological polar surface area (TPSA) is 55.8 Å². The Kier molecular flexibility index (Phi) is 7.06. The Bertz CT molecular complexity index is 529. The summed E-state index contributed by atoms with van der Waals surface area (Å²) >= 11 is 0. The fourth-order valence-electron chi connectivity index (χ4n) is 3.45. The van der Waals surface area contributed by atoms with Crippen LogP contribution >= 0.6 is 0 Å². The van der Waals surface area contributed by atoms with Crippen LogP contribution < -0.4 is 5.32 Å². The number of benzene rings is 1. The van der Waals surface area contributed by atoms with E-state index in [-0.39, 0.29) is 17.7 Å². The van der Waals surface area contributed by atoms with Crippen LogP contribution in [0.4, 0.5) is 0 Å². The number of aromatic hydroxyl groups is 1. The number of carbonyl (C=O) groups is 1. The van der Waals surface area contributed by atoms with E-state index in [1.165, 1.54) is 0 Å². The van der Waals surface area contributed by atoms with Gasteiger partial charge in [0.05, 0.1) is 0 Å². The molecular weight excluding hydrogens is 302 g/mol. The van der Waals surface area contributed by atoms with Crippen LogP contribution in [-0.4, -0.2) is 59.6 Å². The van der Waals surface area contributed by atoms with Crippen LogP contribution in [0.3, 0.4) is 0 Å². The quantitative estimate of drug-likeness (QED) is 0.804. The molecule has 2 N–H and O–H groups in total. The summed E-state index contributed by atoms with van der Waals surface area (Å²) in [5, 5.41) is 13.3. The maximum absolute atomic E-state index is 13.3. The lowest BCUT2D eigenvalue weighted by Gasteiger charge is -2.39. The second-order valence-electron chi connectivity index (χ2n) is 6.67. The third-order valence-corrected chi connectivity index (χ3v) is 4.48. The zero-order chi connectivity index (χ0) is 17.5. The molecule has 2 atom stereocenters. The lowest BCUT2D eigenvalue weighted by atomic mass is 10.0. The molecule has 1 aromatic rings. The Morgan fingerprint density at radius 1 is 1.38 bits per heavy atom. The molecule has 1 aromatic carbocycles. The number of hydrogen-bond donors (Lipinski definition) is 2. The van der Waals surface area contributed by atoms with E-state index < -0.39 is 0 Å². The van der Waals surface area contributed by atoms with Crippen LogP contribution in [0.5, 0.6) is 5.75 Å². The molecular formula is C19H31N3O2. The van der Waals surface area contributed by atoms with Crippen molar-refractivity contribution < 1.29 is 9.90 Å². The molecule has 1 saturated heterocycles. The number of nitrogens with one attached hydrogen (secondary N) is 1. The largest absolute Gasteiger partial charge is 0.508 e. The molecule has 0 aliphatic carbocycles. The van der Waals surface area contributed by atoms with Crippen molar-refractivity contribution in [1.29, 1.82) is 0 Å². The minimum atomic E-state index is -0.320. The molecule has 1 heterocycles. The van der Waals surface area contributed by atoms with Gasteiger partial charge in [0.15, 0.2) is 0 Å². The van der Waals surface area contributed by atoms with Gasteiger partial charge in [-0.1, -0.05) is 26.0 Å². The minimum Gasteiger partial charge on any atom is -0.508 e. The van der Waals surface area contributed by atoms with Gasteiger partial charge in [-0.25, -0.2) is 0 Å². The minimum absolute atomic E-state index is 0.151. The highest BCUT2D eigenvalue weighted by Crippen LogP contribution is 2.27. The third kappa shape index (κ3) is 4.71. The molecule has 0 radical (unpaired) electrons. The van der Waals surface area contributed by atoms with Crippen LogP contribution in [0.1, 0.15) is 45.2 Å². The van der Waals surface area contributed by atoms with Crippen molar-refractivity contribution in [3.63, 3.8) is 0 Å². The third-order valence-electron chi connectivity index (χ3n) is 4.48. The molecule has 1 aliphatic heterocycles. The van der Waals surface area contributed by atoms with Gasteiger partial charge in [-0.15, -0.1) is 0 Å². The summed E-state index contributed by atoms with van der Waals surface area (Å²) in [6.07, 6.45) is 1.91. The summed E-state index contributed by atoms with van der Waals surface area (Å²) < 4.78 is 0. The summed E-state index contributed by atoms with van der Waals surface area (Å²) in [4.78, 5) is 17.5. The zero-order valence-corrected chi connectivity index (χ0v) is 15.2. The Morgan fingerprint density at radius 2 is 2.08 bits per heavy atom. The summed E-state index contributed by atoms with van der Waals surface area (Å²) in [7, 11) is 0. The van der Waals surface area contributed by atoms with Gasteiger partial charge < -0.3 is 15.3 Å². The van der Waals surface area contributed by atoms with Gasteiger partial charge in [0.2, 0.25) is 5.91 Å². The van der Waals surface area contributed by atoms with Crippen molar-refractivity contribution in [2.75, 3.05) is 32.7 Å². The predicted octanol–water partition coefficient (Wildman–Crippen LogP) is 2.38. The predicted molar refractivity (Wildman–Crippen MR) is 97.0 cm³/mol. The zero-order valence-electron chi connectivity index (χ0n) is 15.2. The first-order valence-corrected chi connectivity index (χ1v) is 9.12. The van der Waals surface area contributed by atoms with E-state index in [1.54, 1.807) is 12.1 Å². The fourth-order valence-corrected chi connectivity index (χ4v) is 3.45. The molecule has 1 amide bonds. The smallest absolute Gasteiger partial charge is 0.244 e. The molecule has 1 aliphatic rings. The molecule has 0 saturated carbocycles. The summed E-state index contributed by atoms with van der Waals surface area (Å²) in [6.45, 7) is 10.5. The number of hydrogen-bond acceptors (Lipinski definition) is 4. The number of amides is 1. The molecule has 2 unspecified atom stereocenters. The highest BCUT2D eigenvalue weighted by Gasteiger charge is 2.33. The number of nitrogens with zero attached hydrogens (tertiary/aromatic N) is 2. The number of phenols is 1. The normalized spacial score (nSPS) is 19.9. The lowest BCUT2D eigenvalue weighted by molar-refractivity contribution is -0.138. The van der Waals surface area contributed by atoms with Gasteiger partial charge in [0, 0.05) is 38.8 Å². The number of carbonyl (C=O) groups excluding carboxylic acids is 1. The first-order valence-electron chi connectivity index (χ1n) is 9.12. The van der Waals surface area contributed by atoms with Crippen LogP contribution in [0.2, 0.25) is 0 Å². The number of piperazine rings is 1. The molecule has 24 heavy (non-hydrogen) atoms. The van der Waals surface area contributed by atoms with E-state index in [2.05, 4.69) is 31.0 Å². The van der Waals surface area contributed by atoms with Crippen LogP contribution in [0.15, 0.2) is 24.3 Å². The Hall–Kier alpha value is -1.59. The van der Waals surface area contributed by atoms with E-state index in [4.69, 9.17) is 0 Å². The highest BCUT2D eigenvalue weighted by atomic mass is 16.3. The van der Waals surface area contributed by atoms with Crippen molar-refractivity contribution >= 4 is 5.91 Å². The summed E-state index contributed by atoms with van der Waals surface area (Å²) in [6, 6.07) is 7.19. The molecule has 2 rings (SSSR count). The van der Waals surface area contributed by atoms with Crippen molar-refractivity contribution in [3.8, 4) is 5.75 Å². The Labute approximate surface area is 145 Å². The van der Waals surface area contributed by atoms with Crippen LogP contribution in [0, 0.1) is 0 Å². The monoisotopic (exact) mass is 333 g/mol. The Balaban J connectivity index is 2.32. The SMILES string of the molecule is CCCN(CCC)C(=O)C(c1cccc(O)c1)N1CCNC(C)C1. The average Bonchev–Trinajstić information content (AvgIpc) is 2.55. The average molecular weight is 333 g/mol. The van der Waals surface area contributed by atoms with E-state index in [0.29, 0.717) is 6.04 Å². The molecule has 0 spiro atoms. The van der Waals surface area contributed by atoms with Crippen LogP contribution in [-0.2, 0) is 4.79 Å². The first-order chi connectivity index (χ1) is 11.6.